The van der Waals surface area contributed by atoms with Gasteiger partial charge in [0.05, 0.1) is 17.1 Å². The Labute approximate surface area is 180 Å². The molecule has 8 nitrogen and oxygen atoms in total. The van der Waals surface area contributed by atoms with Crippen molar-refractivity contribution in [2.24, 2.45) is 0 Å². The lowest BCUT2D eigenvalue weighted by Crippen LogP contribution is -2.31. The first kappa shape index (κ1) is 21.7. The van der Waals surface area contributed by atoms with E-state index in [2.05, 4.69) is 15.5 Å². The maximum atomic E-state index is 13.2. The molecule has 0 bridgehead atoms. The van der Waals surface area contributed by atoms with Crippen LogP contribution in [0, 0.1) is 4.77 Å². The van der Waals surface area contributed by atoms with E-state index in [4.69, 9.17) is 12.2 Å². The van der Waals surface area contributed by atoms with Crippen molar-refractivity contribution in [2.75, 3.05) is 10.8 Å². The lowest BCUT2D eigenvalue weighted by molar-refractivity contribution is 0.0949. The number of para-hydroxylation sites is 1. The van der Waals surface area contributed by atoms with Crippen LogP contribution in [0.2, 0.25) is 0 Å². The van der Waals surface area contributed by atoms with Crippen LogP contribution in [0.5, 0.6) is 0 Å². The summed E-state index contributed by atoms with van der Waals surface area (Å²) in [5, 5.41) is 9.56. The van der Waals surface area contributed by atoms with Crippen LogP contribution in [0.3, 0.4) is 0 Å². The Morgan fingerprint density at radius 2 is 1.90 bits per heavy atom. The third-order valence-electron chi connectivity index (χ3n) is 4.58. The highest BCUT2D eigenvalue weighted by atomic mass is 32.2. The minimum atomic E-state index is -3.82. The standard InChI is InChI=1S/C20H23N5O3S2/c1-3-24-18(22-23-20(24)29)14-21-19(26)15-9-8-12-17(13-15)30(27,28)25(4-2)16-10-6-5-7-11-16/h5-13H,3-4,14H2,1-2H3,(H,21,26)(H,23,29). The molecule has 0 unspecified atom stereocenters. The van der Waals surface area contributed by atoms with E-state index in [1.54, 1.807) is 47.9 Å². The zero-order chi connectivity index (χ0) is 21.7. The van der Waals surface area contributed by atoms with Crippen LogP contribution < -0.4 is 9.62 Å². The van der Waals surface area contributed by atoms with Gasteiger partial charge in [0.15, 0.2) is 10.6 Å². The second kappa shape index (κ2) is 9.23. The quantitative estimate of drug-likeness (QED) is 0.519. The van der Waals surface area contributed by atoms with Gasteiger partial charge in [0.25, 0.3) is 15.9 Å². The maximum Gasteiger partial charge on any atom is 0.264 e. The highest BCUT2D eigenvalue weighted by molar-refractivity contribution is 7.92. The monoisotopic (exact) mass is 445 g/mol. The second-order valence-electron chi connectivity index (χ2n) is 6.41. The first-order chi connectivity index (χ1) is 14.4. The molecular formula is C20H23N5O3S2. The SMILES string of the molecule is CCN(c1ccccc1)S(=O)(=O)c1cccc(C(=O)NCc2n[nH]c(=S)n2CC)c1. The van der Waals surface area contributed by atoms with Gasteiger partial charge in [-0.1, -0.05) is 24.3 Å². The van der Waals surface area contributed by atoms with Crippen molar-refractivity contribution >= 4 is 33.8 Å². The smallest absolute Gasteiger partial charge is 0.264 e. The number of anilines is 1. The van der Waals surface area contributed by atoms with Crippen molar-refractivity contribution in [3.05, 3.63) is 70.8 Å². The Bertz CT molecular complexity index is 1190. The predicted molar refractivity (Wildman–Crippen MR) is 117 cm³/mol. The first-order valence-corrected chi connectivity index (χ1v) is 11.3. The molecule has 1 amide bonds. The van der Waals surface area contributed by atoms with Gasteiger partial charge >= 0.3 is 0 Å². The maximum absolute atomic E-state index is 13.2. The number of carbonyl (C=O) groups is 1. The van der Waals surface area contributed by atoms with Gasteiger partial charge in [0, 0.05) is 18.7 Å². The molecule has 2 aromatic carbocycles. The Hall–Kier alpha value is -2.98. The van der Waals surface area contributed by atoms with E-state index >= 15 is 0 Å². The van der Waals surface area contributed by atoms with Crippen LogP contribution in [0.15, 0.2) is 59.5 Å². The number of aromatic amines is 1. The summed E-state index contributed by atoms with van der Waals surface area (Å²) < 4.78 is 29.9. The zero-order valence-corrected chi connectivity index (χ0v) is 18.3. The molecule has 3 aromatic rings. The molecule has 1 heterocycles. The van der Waals surface area contributed by atoms with Crippen molar-refractivity contribution in [1.29, 1.82) is 0 Å². The van der Waals surface area contributed by atoms with Gasteiger partial charge in [-0.15, -0.1) is 0 Å². The van der Waals surface area contributed by atoms with Crippen LogP contribution in [-0.4, -0.2) is 35.6 Å². The molecule has 10 heteroatoms. The number of sulfonamides is 1. The van der Waals surface area contributed by atoms with Gasteiger partial charge in [-0.05, 0) is 56.4 Å². The Morgan fingerprint density at radius 3 is 2.57 bits per heavy atom. The molecule has 0 aliphatic rings. The van der Waals surface area contributed by atoms with Crippen molar-refractivity contribution in [2.45, 2.75) is 31.8 Å². The van der Waals surface area contributed by atoms with Gasteiger partial charge in [-0.3, -0.25) is 14.2 Å². The summed E-state index contributed by atoms with van der Waals surface area (Å²) in [4.78, 5) is 12.7. The highest BCUT2D eigenvalue weighted by Gasteiger charge is 2.24. The van der Waals surface area contributed by atoms with E-state index in [0.29, 0.717) is 22.8 Å². The lowest BCUT2D eigenvalue weighted by Gasteiger charge is -2.23. The number of aromatic nitrogens is 3. The van der Waals surface area contributed by atoms with Gasteiger partial charge < -0.3 is 9.88 Å². The molecule has 2 N–H and O–H groups in total. The average Bonchev–Trinajstić information content (AvgIpc) is 3.12. The molecule has 1 aromatic heterocycles. The minimum Gasteiger partial charge on any atom is -0.345 e. The third kappa shape index (κ3) is 4.44. The Balaban J connectivity index is 1.82. The lowest BCUT2D eigenvalue weighted by atomic mass is 10.2. The average molecular weight is 446 g/mol. The Kier molecular flexibility index (Phi) is 6.68. The fraction of sp³-hybridized carbons (Fsp3) is 0.250. The number of H-pyrrole nitrogens is 1. The van der Waals surface area contributed by atoms with Crippen molar-refractivity contribution in [3.63, 3.8) is 0 Å². The number of amides is 1. The third-order valence-corrected chi connectivity index (χ3v) is 6.79. The number of rotatable bonds is 8. The summed E-state index contributed by atoms with van der Waals surface area (Å²) in [6.07, 6.45) is 0. The van der Waals surface area contributed by atoms with Crippen molar-refractivity contribution in [1.82, 2.24) is 20.1 Å². The van der Waals surface area contributed by atoms with Gasteiger partial charge in [-0.25, -0.2) is 8.42 Å². The number of carbonyl (C=O) groups excluding carboxylic acids is 1. The normalized spacial score (nSPS) is 11.3. The number of hydrogen-bond acceptors (Lipinski definition) is 5. The van der Waals surface area contributed by atoms with Crippen LogP contribution in [0.4, 0.5) is 5.69 Å². The van der Waals surface area contributed by atoms with Crippen LogP contribution >= 0.6 is 12.2 Å². The predicted octanol–water partition coefficient (Wildman–Crippen LogP) is 3.11. The molecule has 158 valence electrons. The zero-order valence-electron chi connectivity index (χ0n) is 16.7. The van der Waals surface area contributed by atoms with E-state index in [1.807, 2.05) is 13.0 Å². The summed E-state index contributed by atoms with van der Waals surface area (Å²) in [5.41, 5.74) is 0.814. The fourth-order valence-electron chi connectivity index (χ4n) is 3.08. The van der Waals surface area contributed by atoms with E-state index in [-0.39, 0.29) is 23.5 Å². The van der Waals surface area contributed by atoms with E-state index in [0.717, 1.165) is 0 Å². The second-order valence-corrected chi connectivity index (χ2v) is 8.65. The van der Waals surface area contributed by atoms with E-state index in [9.17, 15) is 13.2 Å². The molecule has 0 fully saturated rings. The summed E-state index contributed by atoms with van der Waals surface area (Å²) in [7, 11) is -3.82. The topological polar surface area (TPSA) is 100 Å². The molecular weight excluding hydrogens is 422 g/mol. The molecule has 0 aliphatic heterocycles. The number of nitrogens with zero attached hydrogens (tertiary/aromatic N) is 3. The summed E-state index contributed by atoms with van der Waals surface area (Å²) >= 11 is 5.14. The molecule has 30 heavy (non-hydrogen) atoms. The fourth-order valence-corrected chi connectivity index (χ4v) is 4.88. The molecule has 3 rings (SSSR count). The molecule has 0 spiro atoms. The van der Waals surface area contributed by atoms with Crippen LogP contribution in [0.1, 0.15) is 30.0 Å². The van der Waals surface area contributed by atoms with Crippen molar-refractivity contribution < 1.29 is 13.2 Å². The number of nitrogens with one attached hydrogen (secondary N) is 2. The van der Waals surface area contributed by atoms with Gasteiger partial charge in [-0.2, -0.15) is 5.10 Å². The van der Waals surface area contributed by atoms with E-state index < -0.39 is 15.9 Å². The van der Waals surface area contributed by atoms with Crippen LogP contribution in [0.25, 0.3) is 0 Å². The summed E-state index contributed by atoms with van der Waals surface area (Å²) in [6, 6.07) is 14.9. The summed E-state index contributed by atoms with van der Waals surface area (Å²) in [5.74, 6) is 0.201. The molecule has 0 atom stereocenters. The molecule has 0 aliphatic carbocycles. The van der Waals surface area contributed by atoms with E-state index in [1.165, 1.54) is 16.4 Å². The minimum absolute atomic E-state index is 0.0529. The molecule has 0 saturated heterocycles. The van der Waals surface area contributed by atoms with Gasteiger partial charge in [0.2, 0.25) is 0 Å². The van der Waals surface area contributed by atoms with Crippen molar-refractivity contribution in [3.8, 4) is 0 Å². The molecule has 0 radical (unpaired) electrons. The first-order valence-electron chi connectivity index (χ1n) is 9.48. The number of hydrogen-bond donors (Lipinski definition) is 2. The molecule has 0 saturated carbocycles. The number of benzene rings is 2. The van der Waals surface area contributed by atoms with Gasteiger partial charge in [0.1, 0.15) is 0 Å². The largest absolute Gasteiger partial charge is 0.345 e. The highest BCUT2D eigenvalue weighted by Crippen LogP contribution is 2.23. The summed E-state index contributed by atoms with van der Waals surface area (Å²) in [6.45, 7) is 4.75. The Morgan fingerprint density at radius 1 is 1.17 bits per heavy atom. The van der Waals surface area contributed by atoms with Crippen LogP contribution in [-0.2, 0) is 23.1 Å².